The van der Waals surface area contributed by atoms with Crippen molar-refractivity contribution in [2.75, 3.05) is 6.54 Å². The van der Waals surface area contributed by atoms with E-state index in [2.05, 4.69) is 26.1 Å². The molecule has 0 bridgehead atoms. The zero-order valence-corrected chi connectivity index (χ0v) is 7.76. The topological polar surface area (TPSA) is 21.3 Å². The van der Waals surface area contributed by atoms with Gasteiger partial charge in [0.25, 0.3) is 0 Å². The Hall–Kier alpha value is -0.0800. The molecule has 1 saturated heterocycles. The smallest absolute Gasteiger partial charge is 0.0703 e. The predicted octanol–water partition coefficient (Wildman–Crippen LogP) is 1.55. The number of piperidine rings is 1. The zero-order chi connectivity index (χ0) is 8.27. The van der Waals surface area contributed by atoms with Crippen LogP contribution in [0.3, 0.4) is 0 Å². The molecule has 0 spiro atoms. The molecular weight excluding hydrogens is 138 g/mol. The first-order valence-electron chi connectivity index (χ1n) is 4.57. The summed E-state index contributed by atoms with van der Waals surface area (Å²) in [5.74, 6) is 0. The molecule has 0 aromatic rings. The molecule has 1 aliphatic heterocycles. The lowest BCUT2D eigenvalue weighted by Gasteiger charge is -2.28. The second kappa shape index (κ2) is 4.07. The lowest BCUT2D eigenvalue weighted by atomic mass is 10.0. The van der Waals surface area contributed by atoms with Gasteiger partial charge in [0.05, 0.1) is 12.2 Å². The summed E-state index contributed by atoms with van der Waals surface area (Å²) in [5.41, 5.74) is 0. The fourth-order valence-electron chi connectivity index (χ4n) is 1.47. The minimum atomic E-state index is 0.371. The average molecular weight is 157 g/mol. The summed E-state index contributed by atoms with van der Waals surface area (Å²) in [4.78, 5) is 0. The highest BCUT2D eigenvalue weighted by atomic mass is 16.5. The molecule has 2 atom stereocenters. The van der Waals surface area contributed by atoms with Crippen LogP contribution in [0.5, 0.6) is 0 Å². The predicted molar refractivity (Wildman–Crippen MR) is 46.7 cm³/mol. The van der Waals surface area contributed by atoms with Crippen LogP contribution in [-0.2, 0) is 4.74 Å². The molecule has 0 amide bonds. The van der Waals surface area contributed by atoms with Crippen molar-refractivity contribution in [1.82, 2.24) is 5.32 Å². The molecule has 11 heavy (non-hydrogen) atoms. The van der Waals surface area contributed by atoms with Crippen molar-refractivity contribution in [2.45, 2.75) is 51.9 Å². The van der Waals surface area contributed by atoms with Crippen LogP contribution in [-0.4, -0.2) is 24.8 Å². The molecular formula is C9H19NO. The third kappa shape index (κ3) is 3.21. The van der Waals surface area contributed by atoms with E-state index >= 15 is 0 Å². The van der Waals surface area contributed by atoms with Gasteiger partial charge in [-0.25, -0.2) is 0 Å². The van der Waals surface area contributed by atoms with Gasteiger partial charge in [-0.05, 0) is 33.6 Å². The van der Waals surface area contributed by atoms with Crippen LogP contribution in [0.4, 0.5) is 0 Å². The van der Waals surface area contributed by atoms with Gasteiger partial charge in [-0.1, -0.05) is 0 Å². The van der Waals surface area contributed by atoms with Crippen LogP contribution in [0.1, 0.15) is 33.6 Å². The van der Waals surface area contributed by atoms with Crippen molar-refractivity contribution < 1.29 is 4.74 Å². The largest absolute Gasteiger partial charge is 0.374 e. The number of nitrogens with one attached hydrogen (secondary N) is 1. The van der Waals surface area contributed by atoms with Gasteiger partial charge in [0.1, 0.15) is 0 Å². The van der Waals surface area contributed by atoms with Crippen molar-refractivity contribution in [2.24, 2.45) is 0 Å². The van der Waals surface area contributed by atoms with Crippen LogP contribution < -0.4 is 5.32 Å². The van der Waals surface area contributed by atoms with E-state index < -0.39 is 0 Å². The van der Waals surface area contributed by atoms with Crippen LogP contribution in [0, 0.1) is 0 Å². The first kappa shape index (κ1) is 9.01. The molecule has 1 N–H and O–H groups in total. The Balaban J connectivity index is 2.17. The molecule has 0 aromatic heterocycles. The van der Waals surface area contributed by atoms with Gasteiger partial charge >= 0.3 is 0 Å². The standard InChI is InChI=1S/C9H19NO/c1-7(2)11-9-5-4-8(3)10-6-9/h7-10H,4-6H2,1-3H3. The van der Waals surface area contributed by atoms with E-state index in [1.54, 1.807) is 0 Å². The number of rotatable bonds is 2. The highest BCUT2D eigenvalue weighted by Crippen LogP contribution is 2.11. The quantitative estimate of drug-likeness (QED) is 0.656. The number of hydrogen-bond acceptors (Lipinski definition) is 2. The summed E-state index contributed by atoms with van der Waals surface area (Å²) < 4.78 is 5.68. The minimum absolute atomic E-state index is 0.371. The summed E-state index contributed by atoms with van der Waals surface area (Å²) in [6.45, 7) is 7.45. The van der Waals surface area contributed by atoms with Crippen molar-refractivity contribution in [3.63, 3.8) is 0 Å². The number of hydrogen-bond donors (Lipinski definition) is 1. The molecule has 1 heterocycles. The Bertz CT molecular complexity index is 106. The van der Waals surface area contributed by atoms with Crippen LogP contribution in [0.25, 0.3) is 0 Å². The van der Waals surface area contributed by atoms with Crippen LogP contribution in [0.2, 0.25) is 0 Å². The van der Waals surface area contributed by atoms with Crippen molar-refractivity contribution in [1.29, 1.82) is 0 Å². The van der Waals surface area contributed by atoms with Crippen LogP contribution in [0.15, 0.2) is 0 Å². The van der Waals surface area contributed by atoms with Crippen LogP contribution >= 0.6 is 0 Å². The van der Waals surface area contributed by atoms with Gasteiger partial charge < -0.3 is 10.1 Å². The molecule has 2 unspecified atom stereocenters. The Morgan fingerprint density at radius 2 is 2.09 bits per heavy atom. The van der Waals surface area contributed by atoms with Gasteiger partial charge in [0.2, 0.25) is 0 Å². The highest BCUT2D eigenvalue weighted by Gasteiger charge is 2.18. The molecule has 66 valence electrons. The van der Waals surface area contributed by atoms with E-state index in [9.17, 15) is 0 Å². The van der Waals surface area contributed by atoms with Gasteiger partial charge in [-0.3, -0.25) is 0 Å². The second-order valence-electron chi connectivity index (χ2n) is 3.69. The summed E-state index contributed by atoms with van der Waals surface area (Å²) in [5, 5.41) is 3.41. The summed E-state index contributed by atoms with van der Waals surface area (Å²) in [7, 11) is 0. The van der Waals surface area contributed by atoms with E-state index in [0.29, 0.717) is 18.2 Å². The summed E-state index contributed by atoms with van der Waals surface area (Å²) in [6.07, 6.45) is 3.28. The summed E-state index contributed by atoms with van der Waals surface area (Å²) in [6, 6.07) is 0.682. The Morgan fingerprint density at radius 3 is 2.55 bits per heavy atom. The molecule has 0 aromatic carbocycles. The maximum atomic E-state index is 5.68. The molecule has 0 radical (unpaired) electrons. The fourth-order valence-corrected chi connectivity index (χ4v) is 1.47. The SMILES string of the molecule is CC1CCC(OC(C)C)CN1. The molecule has 0 aliphatic carbocycles. The monoisotopic (exact) mass is 157 g/mol. The number of ether oxygens (including phenoxy) is 1. The van der Waals surface area contributed by atoms with Gasteiger partial charge in [-0.15, -0.1) is 0 Å². The first-order chi connectivity index (χ1) is 5.18. The zero-order valence-electron chi connectivity index (χ0n) is 7.76. The average Bonchev–Trinajstić information content (AvgIpc) is 1.93. The molecule has 2 heteroatoms. The lowest BCUT2D eigenvalue weighted by molar-refractivity contribution is -0.00901. The second-order valence-corrected chi connectivity index (χ2v) is 3.69. The van der Waals surface area contributed by atoms with E-state index in [0.717, 1.165) is 6.54 Å². The Labute approximate surface area is 69.3 Å². The van der Waals surface area contributed by atoms with Gasteiger partial charge in [0, 0.05) is 12.6 Å². The van der Waals surface area contributed by atoms with E-state index in [1.807, 2.05) is 0 Å². The Kier molecular flexibility index (Phi) is 3.34. The normalized spacial score (nSPS) is 32.7. The maximum Gasteiger partial charge on any atom is 0.0703 e. The van der Waals surface area contributed by atoms with E-state index in [4.69, 9.17) is 4.74 Å². The third-order valence-electron chi connectivity index (χ3n) is 2.08. The molecule has 1 fully saturated rings. The minimum Gasteiger partial charge on any atom is -0.374 e. The lowest BCUT2D eigenvalue weighted by Crippen LogP contribution is -2.41. The van der Waals surface area contributed by atoms with E-state index in [-0.39, 0.29) is 0 Å². The fraction of sp³-hybridized carbons (Fsp3) is 1.00. The molecule has 2 nitrogen and oxygen atoms in total. The highest BCUT2D eigenvalue weighted by molar-refractivity contribution is 4.75. The van der Waals surface area contributed by atoms with Crippen molar-refractivity contribution in [3.05, 3.63) is 0 Å². The van der Waals surface area contributed by atoms with Gasteiger partial charge in [-0.2, -0.15) is 0 Å². The van der Waals surface area contributed by atoms with Gasteiger partial charge in [0.15, 0.2) is 0 Å². The Morgan fingerprint density at radius 1 is 1.36 bits per heavy atom. The molecule has 1 rings (SSSR count). The summed E-state index contributed by atoms with van der Waals surface area (Å²) >= 11 is 0. The molecule has 1 aliphatic rings. The van der Waals surface area contributed by atoms with Crippen molar-refractivity contribution in [3.8, 4) is 0 Å². The maximum absolute atomic E-state index is 5.68. The third-order valence-corrected chi connectivity index (χ3v) is 2.08. The van der Waals surface area contributed by atoms with Crippen molar-refractivity contribution >= 4 is 0 Å². The van der Waals surface area contributed by atoms with E-state index in [1.165, 1.54) is 12.8 Å². The molecule has 0 saturated carbocycles. The first-order valence-corrected chi connectivity index (χ1v) is 4.57.